The van der Waals surface area contributed by atoms with Crippen LogP contribution in [0.3, 0.4) is 0 Å². The van der Waals surface area contributed by atoms with Gasteiger partial charge in [-0.15, -0.1) is 0 Å². The first-order valence-corrected chi connectivity index (χ1v) is 10.9. The minimum atomic E-state index is -0.971. The number of methoxy groups -OCH3 is 2. The van der Waals surface area contributed by atoms with Gasteiger partial charge in [0, 0.05) is 16.8 Å². The van der Waals surface area contributed by atoms with Gasteiger partial charge in [-0.2, -0.15) is 5.10 Å². The van der Waals surface area contributed by atoms with E-state index in [4.69, 9.17) is 25.8 Å². The van der Waals surface area contributed by atoms with Crippen LogP contribution in [-0.2, 0) is 14.4 Å². The molecule has 0 heterocycles. The standard InChI is InChI=1S/C25H23ClN4O6/c1-34-20-10-11-22(35-2)21(13-20)29-24(32)25(33)30-27-14-16-6-8-19(9-7-16)36-15-23(31)28-18-5-3-4-17(26)12-18/h3-14H,15H2,1-2H3,(H,28,31)(H,29,32)(H,30,33)/b27-14-. The maximum absolute atomic E-state index is 12.2. The summed E-state index contributed by atoms with van der Waals surface area (Å²) in [5, 5.41) is 9.43. The molecule has 0 aliphatic heterocycles. The van der Waals surface area contributed by atoms with E-state index in [1.165, 1.54) is 26.5 Å². The van der Waals surface area contributed by atoms with E-state index in [2.05, 4.69) is 21.2 Å². The fourth-order valence-electron chi connectivity index (χ4n) is 2.87. The molecule has 3 aromatic carbocycles. The molecule has 0 aliphatic carbocycles. The van der Waals surface area contributed by atoms with Crippen LogP contribution in [0, 0.1) is 0 Å². The lowest BCUT2D eigenvalue weighted by molar-refractivity contribution is -0.136. The van der Waals surface area contributed by atoms with Crippen LogP contribution in [0.1, 0.15) is 5.56 Å². The molecule has 11 heteroatoms. The fourth-order valence-corrected chi connectivity index (χ4v) is 3.06. The number of carbonyl (C=O) groups excluding carboxylic acids is 3. The molecule has 0 aliphatic rings. The number of hydrogen-bond acceptors (Lipinski definition) is 7. The second-order valence-corrected chi connectivity index (χ2v) is 7.57. The maximum Gasteiger partial charge on any atom is 0.329 e. The topological polar surface area (TPSA) is 127 Å². The third-order valence-corrected chi connectivity index (χ3v) is 4.83. The summed E-state index contributed by atoms with van der Waals surface area (Å²) < 4.78 is 15.7. The number of carbonyl (C=O) groups is 3. The lowest BCUT2D eigenvalue weighted by Crippen LogP contribution is -2.32. The van der Waals surface area contributed by atoms with Crippen molar-refractivity contribution in [3.05, 3.63) is 77.3 Å². The highest BCUT2D eigenvalue weighted by Gasteiger charge is 2.16. The molecule has 0 bridgehead atoms. The summed E-state index contributed by atoms with van der Waals surface area (Å²) in [5.74, 6) is -0.928. The second-order valence-electron chi connectivity index (χ2n) is 7.14. The predicted octanol–water partition coefficient (Wildman–Crippen LogP) is 3.46. The maximum atomic E-state index is 12.2. The normalized spacial score (nSPS) is 10.4. The highest BCUT2D eigenvalue weighted by Crippen LogP contribution is 2.28. The van der Waals surface area contributed by atoms with Crippen LogP contribution in [0.5, 0.6) is 17.2 Å². The Morgan fingerprint density at radius 2 is 1.64 bits per heavy atom. The number of nitrogens with one attached hydrogen (secondary N) is 3. The number of rotatable bonds is 9. The van der Waals surface area contributed by atoms with Gasteiger partial charge in [-0.25, -0.2) is 5.43 Å². The zero-order chi connectivity index (χ0) is 25.9. The largest absolute Gasteiger partial charge is 0.497 e. The first-order valence-electron chi connectivity index (χ1n) is 10.5. The van der Waals surface area contributed by atoms with Gasteiger partial charge in [0.1, 0.15) is 17.2 Å². The summed E-state index contributed by atoms with van der Waals surface area (Å²) >= 11 is 5.89. The number of halogens is 1. The molecule has 3 aromatic rings. The molecule has 0 unspecified atom stereocenters. The van der Waals surface area contributed by atoms with Crippen molar-refractivity contribution in [3.8, 4) is 17.2 Å². The number of amides is 3. The summed E-state index contributed by atoms with van der Waals surface area (Å²) in [4.78, 5) is 36.3. The summed E-state index contributed by atoms with van der Waals surface area (Å²) in [7, 11) is 2.92. The Kier molecular flexibility index (Phi) is 9.24. The van der Waals surface area contributed by atoms with Crippen LogP contribution in [0.2, 0.25) is 5.02 Å². The molecular formula is C25H23ClN4O6. The Morgan fingerprint density at radius 1 is 0.889 bits per heavy atom. The molecule has 0 saturated heterocycles. The van der Waals surface area contributed by atoms with Crippen LogP contribution in [0.15, 0.2) is 71.8 Å². The van der Waals surface area contributed by atoms with Gasteiger partial charge in [-0.05, 0) is 60.2 Å². The van der Waals surface area contributed by atoms with Gasteiger partial charge in [0.15, 0.2) is 6.61 Å². The van der Waals surface area contributed by atoms with Gasteiger partial charge in [0.25, 0.3) is 5.91 Å². The number of hydrogen-bond donors (Lipinski definition) is 3. The summed E-state index contributed by atoms with van der Waals surface area (Å²) in [6.07, 6.45) is 1.35. The van der Waals surface area contributed by atoms with Crippen molar-refractivity contribution in [3.63, 3.8) is 0 Å². The lowest BCUT2D eigenvalue weighted by Gasteiger charge is -2.11. The zero-order valence-electron chi connectivity index (χ0n) is 19.4. The average molecular weight is 511 g/mol. The van der Waals surface area contributed by atoms with Crippen molar-refractivity contribution in [1.82, 2.24) is 5.43 Å². The first-order chi connectivity index (χ1) is 17.4. The van der Waals surface area contributed by atoms with Gasteiger partial charge < -0.3 is 24.8 Å². The van der Waals surface area contributed by atoms with Gasteiger partial charge in [-0.3, -0.25) is 14.4 Å². The number of hydrazone groups is 1. The van der Waals surface area contributed by atoms with Gasteiger partial charge in [0.2, 0.25) is 0 Å². The molecule has 0 aromatic heterocycles. The van der Waals surface area contributed by atoms with Crippen LogP contribution >= 0.6 is 11.6 Å². The smallest absolute Gasteiger partial charge is 0.329 e. The third-order valence-electron chi connectivity index (χ3n) is 4.60. The van der Waals surface area contributed by atoms with Gasteiger partial charge >= 0.3 is 11.8 Å². The molecule has 0 atom stereocenters. The van der Waals surface area contributed by atoms with E-state index in [0.29, 0.717) is 33.5 Å². The molecule has 3 N–H and O–H groups in total. The van der Waals surface area contributed by atoms with Crippen molar-refractivity contribution < 1.29 is 28.6 Å². The van der Waals surface area contributed by atoms with E-state index in [9.17, 15) is 14.4 Å². The minimum absolute atomic E-state index is 0.191. The second kappa shape index (κ2) is 12.8. The molecule has 186 valence electrons. The van der Waals surface area contributed by atoms with E-state index in [1.807, 2.05) is 0 Å². The third kappa shape index (κ3) is 7.74. The molecule has 0 fully saturated rings. The Labute approximate surface area is 212 Å². The molecule has 0 saturated carbocycles. The molecule has 3 rings (SSSR count). The molecule has 0 spiro atoms. The lowest BCUT2D eigenvalue weighted by atomic mass is 10.2. The van der Waals surface area contributed by atoms with Crippen LogP contribution < -0.4 is 30.3 Å². The molecule has 3 amide bonds. The van der Waals surface area contributed by atoms with Gasteiger partial charge in [0.05, 0.1) is 26.1 Å². The Bertz CT molecular complexity index is 1260. The minimum Gasteiger partial charge on any atom is -0.497 e. The SMILES string of the molecule is COc1ccc(OC)c(NC(=O)C(=O)N/N=C\c2ccc(OCC(=O)Nc3cccc(Cl)c3)cc2)c1. The van der Waals surface area contributed by atoms with Crippen molar-refractivity contribution in [2.75, 3.05) is 31.5 Å². The highest BCUT2D eigenvalue weighted by molar-refractivity contribution is 6.39. The number of benzene rings is 3. The fraction of sp³-hybridized carbons (Fsp3) is 0.120. The summed E-state index contributed by atoms with van der Waals surface area (Å²) in [6.45, 7) is -0.191. The van der Waals surface area contributed by atoms with E-state index in [0.717, 1.165) is 0 Å². The van der Waals surface area contributed by atoms with E-state index in [-0.39, 0.29) is 18.2 Å². The summed E-state index contributed by atoms with van der Waals surface area (Å²) in [6, 6.07) is 18.2. The highest BCUT2D eigenvalue weighted by atomic mass is 35.5. The number of anilines is 2. The van der Waals surface area contributed by atoms with Crippen molar-refractivity contribution in [2.24, 2.45) is 5.10 Å². The number of ether oxygens (including phenoxy) is 3. The van der Waals surface area contributed by atoms with Crippen molar-refractivity contribution in [1.29, 1.82) is 0 Å². The first kappa shape index (κ1) is 26.0. The van der Waals surface area contributed by atoms with Gasteiger partial charge in [-0.1, -0.05) is 17.7 Å². The quantitative estimate of drug-likeness (QED) is 0.230. The average Bonchev–Trinajstić information content (AvgIpc) is 2.88. The predicted molar refractivity (Wildman–Crippen MR) is 136 cm³/mol. The molecular weight excluding hydrogens is 488 g/mol. The Morgan fingerprint density at radius 3 is 2.33 bits per heavy atom. The van der Waals surface area contributed by atoms with Crippen LogP contribution in [-0.4, -0.2) is 44.8 Å². The molecule has 0 radical (unpaired) electrons. The zero-order valence-corrected chi connectivity index (χ0v) is 20.2. The van der Waals surface area contributed by atoms with E-state index >= 15 is 0 Å². The van der Waals surface area contributed by atoms with Crippen LogP contribution in [0.4, 0.5) is 11.4 Å². The molecule has 36 heavy (non-hydrogen) atoms. The molecule has 10 nitrogen and oxygen atoms in total. The Balaban J connectivity index is 1.46. The van der Waals surface area contributed by atoms with Crippen molar-refractivity contribution in [2.45, 2.75) is 0 Å². The van der Waals surface area contributed by atoms with Crippen molar-refractivity contribution >= 4 is 46.9 Å². The van der Waals surface area contributed by atoms with E-state index in [1.54, 1.807) is 60.7 Å². The number of nitrogens with zero attached hydrogens (tertiary/aromatic N) is 1. The summed E-state index contributed by atoms with van der Waals surface area (Å²) in [5.41, 5.74) is 3.62. The monoisotopic (exact) mass is 510 g/mol. The van der Waals surface area contributed by atoms with Crippen LogP contribution in [0.25, 0.3) is 0 Å². The van der Waals surface area contributed by atoms with E-state index < -0.39 is 11.8 Å². The Hall–Kier alpha value is -4.57.